The third-order valence-electron chi connectivity index (χ3n) is 7.72. The van der Waals surface area contributed by atoms with Crippen molar-refractivity contribution in [3.8, 4) is 11.3 Å². The fourth-order valence-corrected chi connectivity index (χ4v) is 5.38. The number of H-pyrrole nitrogens is 1. The number of hydrogen-bond acceptors (Lipinski definition) is 5. The van der Waals surface area contributed by atoms with Gasteiger partial charge in [0.05, 0.1) is 23.1 Å². The number of aromatic amines is 1. The molecule has 0 atom stereocenters. The van der Waals surface area contributed by atoms with Crippen molar-refractivity contribution in [2.45, 2.75) is 39.5 Å². The number of nitrogens with one attached hydrogen (secondary N) is 2. The first-order chi connectivity index (χ1) is 19.9. The molecule has 5 rings (SSSR count). The van der Waals surface area contributed by atoms with E-state index in [0.29, 0.717) is 17.0 Å². The van der Waals surface area contributed by atoms with Crippen LogP contribution in [-0.2, 0) is 6.42 Å². The Morgan fingerprint density at radius 3 is 2.71 bits per heavy atom. The quantitative estimate of drug-likeness (QED) is 0.192. The molecule has 41 heavy (non-hydrogen) atoms. The van der Waals surface area contributed by atoms with E-state index in [9.17, 15) is 4.39 Å². The predicted octanol–water partition coefficient (Wildman–Crippen LogP) is 7.31. The van der Waals surface area contributed by atoms with Gasteiger partial charge in [0.1, 0.15) is 11.5 Å². The summed E-state index contributed by atoms with van der Waals surface area (Å²) < 4.78 is 14.6. The average molecular weight is 549 g/mol. The van der Waals surface area contributed by atoms with Crippen LogP contribution in [0.3, 0.4) is 0 Å². The van der Waals surface area contributed by atoms with E-state index in [4.69, 9.17) is 0 Å². The number of fused-ring (bicyclic) bond motifs is 1. The molecule has 4 aromatic rings. The van der Waals surface area contributed by atoms with Gasteiger partial charge in [-0.1, -0.05) is 43.5 Å². The average Bonchev–Trinajstić information content (AvgIpc) is 3.66. The maximum atomic E-state index is 14.6. The molecule has 210 valence electrons. The molecule has 1 aliphatic heterocycles. The Hall–Kier alpha value is -4.36. The van der Waals surface area contributed by atoms with Gasteiger partial charge in [-0.3, -0.25) is 15.1 Å². The lowest BCUT2D eigenvalue weighted by Crippen LogP contribution is -2.20. The molecule has 0 saturated carbocycles. The second kappa shape index (κ2) is 12.9. The maximum Gasteiger partial charge on any atom is 0.131 e. The molecule has 0 amide bonds. The SMILES string of the molecule is C=C/C=C(\C(C)=C(/C)NC(=C)c1n[nH]c2cnc(-c3cncc(CCCN4CCCC4)c3)cc12)c1ccccc1F. The molecular formula is C34H37FN6. The Labute approximate surface area is 241 Å². The van der Waals surface area contributed by atoms with Crippen LogP contribution in [0.4, 0.5) is 4.39 Å². The summed E-state index contributed by atoms with van der Waals surface area (Å²) in [5.74, 6) is -0.282. The first kappa shape index (κ1) is 28.2. The second-order valence-corrected chi connectivity index (χ2v) is 10.6. The highest BCUT2D eigenvalue weighted by Gasteiger charge is 2.16. The first-order valence-corrected chi connectivity index (χ1v) is 14.2. The third kappa shape index (κ3) is 6.52. The number of aromatic nitrogens is 4. The topological polar surface area (TPSA) is 69.7 Å². The molecule has 6 nitrogen and oxygen atoms in total. The molecule has 1 aromatic carbocycles. The summed E-state index contributed by atoms with van der Waals surface area (Å²) in [7, 11) is 0. The molecule has 0 unspecified atom stereocenters. The van der Waals surface area contributed by atoms with Crippen molar-refractivity contribution in [3.05, 3.63) is 114 Å². The van der Waals surface area contributed by atoms with E-state index in [-0.39, 0.29) is 5.82 Å². The van der Waals surface area contributed by atoms with Gasteiger partial charge in [-0.2, -0.15) is 5.10 Å². The zero-order valence-corrected chi connectivity index (χ0v) is 23.9. The van der Waals surface area contributed by atoms with Gasteiger partial charge in [-0.15, -0.1) is 0 Å². The lowest BCUT2D eigenvalue weighted by molar-refractivity contribution is 0.334. The summed E-state index contributed by atoms with van der Waals surface area (Å²) in [6.07, 6.45) is 13.9. The molecule has 0 spiro atoms. The molecule has 1 saturated heterocycles. The maximum absolute atomic E-state index is 14.6. The summed E-state index contributed by atoms with van der Waals surface area (Å²) in [5, 5.41) is 11.9. The highest BCUT2D eigenvalue weighted by Crippen LogP contribution is 2.29. The van der Waals surface area contributed by atoms with Crippen molar-refractivity contribution in [2.24, 2.45) is 0 Å². The highest BCUT2D eigenvalue weighted by atomic mass is 19.1. The minimum absolute atomic E-state index is 0.282. The molecule has 1 fully saturated rings. The number of nitrogens with zero attached hydrogens (tertiary/aromatic N) is 4. The van der Waals surface area contributed by atoms with Crippen LogP contribution in [0.15, 0.2) is 91.6 Å². The van der Waals surface area contributed by atoms with Crippen molar-refractivity contribution >= 4 is 22.2 Å². The van der Waals surface area contributed by atoms with E-state index in [0.717, 1.165) is 58.4 Å². The fourth-order valence-electron chi connectivity index (χ4n) is 5.38. The Morgan fingerprint density at radius 1 is 1.12 bits per heavy atom. The van der Waals surface area contributed by atoms with Crippen LogP contribution < -0.4 is 5.32 Å². The number of hydrogen-bond donors (Lipinski definition) is 2. The smallest absolute Gasteiger partial charge is 0.131 e. The van der Waals surface area contributed by atoms with Crippen molar-refractivity contribution in [3.63, 3.8) is 0 Å². The number of pyridine rings is 2. The molecule has 0 radical (unpaired) electrons. The number of likely N-dealkylation sites (tertiary alicyclic amines) is 1. The molecule has 2 N–H and O–H groups in total. The molecule has 0 aliphatic carbocycles. The van der Waals surface area contributed by atoms with Gasteiger partial charge in [0, 0.05) is 34.6 Å². The van der Waals surface area contributed by atoms with Gasteiger partial charge in [0.25, 0.3) is 0 Å². The van der Waals surface area contributed by atoms with Gasteiger partial charge >= 0.3 is 0 Å². The van der Waals surface area contributed by atoms with Gasteiger partial charge in [-0.25, -0.2) is 4.39 Å². The molecule has 3 aromatic heterocycles. The Balaban J connectivity index is 1.35. The minimum Gasteiger partial charge on any atom is -0.358 e. The van der Waals surface area contributed by atoms with Crippen LogP contribution >= 0.6 is 0 Å². The molecule has 0 bridgehead atoms. The highest BCUT2D eigenvalue weighted by molar-refractivity contribution is 5.91. The van der Waals surface area contributed by atoms with Crippen LogP contribution in [0.5, 0.6) is 0 Å². The van der Waals surface area contributed by atoms with Crippen LogP contribution in [0.2, 0.25) is 0 Å². The fraction of sp³-hybridized carbons (Fsp3) is 0.265. The predicted molar refractivity (Wildman–Crippen MR) is 166 cm³/mol. The van der Waals surface area contributed by atoms with Gasteiger partial charge in [-0.05, 0) is 94.1 Å². The van der Waals surface area contributed by atoms with Crippen LogP contribution in [-0.4, -0.2) is 44.7 Å². The molecule has 1 aliphatic rings. The zero-order valence-electron chi connectivity index (χ0n) is 23.9. The standard InChI is InChI=1S/C34H37FN6/c1-5-11-28(29-13-6-7-14-31(29)35)23(2)24(3)38-25(4)34-30-19-32(37-22-33(30)39-40-34)27-18-26(20-36-21-27)12-10-17-41-15-8-9-16-41/h5-7,11,13-14,18-22,38H,1,4,8-10,12,15-17H2,2-3H3,(H,39,40)/b24-23+,28-11+. The number of rotatable bonds is 11. The van der Waals surface area contributed by atoms with Crippen molar-refractivity contribution in [1.82, 2.24) is 30.4 Å². The summed E-state index contributed by atoms with van der Waals surface area (Å²) in [6, 6.07) is 11.0. The Morgan fingerprint density at radius 2 is 1.93 bits per heavy atom. The van der Waals surface area contributed by atoms with E-state index in [1.165, 1.54) is 37.6 Å². The van der Waals surface area contributed by atoms with Crippen LogP contribution in [0.1, 0.15) is 49.9 Å². The van der Waals surface area contributed by atoms with E-state index < -0.39 is 0 Å². The largest absolute Gasteiger partial charge is 0.358 e. The minimum atomic E-state index is -0.282. The van der Waals surface area contributed by atoms with E-state index in [1.807, 2.05) is 44.4 Å². The van der Waals surface area contributed by atoms with Crippen molar-refractivity contribution < 1.29 is 4.39 Å². The van der Waals surface area contributed by atoms with Crippen LogP contribution in [0.25, 0.3) is 33.4 Å². The third-order valence-corrected chi connectivity index (χ3v) is 7.72. The number of benzene rings is 1. The summed E-state index contributed by atoms with van der Waals surface area (Å²) in [5.41, 5.74) is 8.17. The number of halogens is 1. The van der Waals surface area contributed by atoms with Gasteiger partial charge in [0.2, 0.25) is 0 Å². The normalized spacial score (nSPS) is 14.8. The monoisotopic (exact) mass is 548 g/mol. The van der Waals surface area contributed by atoms with Gasteiger partial charge in [0.15, 0.2) is 0 Å². The number of allylic oxidation sites excluding steroid dienone is 5. The Kier molecular flexibility index (Phi) is 8.85. The first-order valence-electron chi connectivity index (χ1n) is 14.2. The van der Waals surface area contributed by atoms with E-state index in [1.54, 1.807) is 24.4 Å². The summed E-state index contributed by atoms with van der Waals surface area (Å²) in [4.78, 5) is 11.7. The van der Waals surface area contributed by atoms with E-state index in [2.05, 4.69) is 49.6 Å². The zero-order chi connectivity index (χ0) is 28.8. The molecule has 4 heterocycles. The molecule has 7 heteroatoms. The summed E-state index contributed by atoms with van der Waals surface area (Å²) in [6.45, 7) is 15.6. The summed E-state index contributed by atoms with van der Waals surface area (Å²) >= 11 is 0. The Bertz CT molecular complexity index is 1620. The number of aryl methyl sites for hydroxylation is 1. The lowest BCUT2D eigenvalue weighted by atomic mass is 9.96. The van der Waals surface area contributed by atoms with Gasteiger partial charge < -0.3 is 10.2 Å². The van der Waals surface area contributed by atoms with E-state index >= 15 is 0 Å². The van der Waals surface area contributed by atoms with Crippen molar-refractivity contribution in [2.75, 3.05) is 19.6 Å². The van der Waals surface area contributed by atoms with Crippen LogP contribution in [0, 0.1) is 5.82 Å². The lowest BCUT2D eigenvalue weighted by Gasteiger charge is -2.16. The molecular weight excluding hydrogens is 511 g/mol. The van der Waals surface area contributed by atoms with Crippen molar-refractivity contribution in [1.29, 1.82) is 0 Å². The second-order valence-electron chi connectivity index (χ2n) is 10.6.